The van der Waals surface area contributed by atoms with E-state index in [4.69, 9.17) is 22.1 Å². The number of allylic oxidation sites excluding steroid dienone is 1. The summed E-state index contributed by atoms with van der Waals surface area (Å²) in [6.45, 7) is 0. The molecule has 0 aromatic heterocycles. The second kappa shape index (κ2) is 4.25. The Kier molecular flexibility index (Phi) is 2.98. The van der Waals surface area contributed by atoms with Gasteiger partial charge in [-0.1, -0.05) is 17.7 Å². The summed E-state index contributed by atoms with van der Waals surface area (Å²) < 4.78 is 5.31. The summed E-state index contributed by atoms with van der Waals surface area (Å²) >= 11 is 5.97. The molecule has 0 spiro atoms. The minimum Gasteiger partial charge on any atom is -0.496 e. The highest BCUT2D eigenvalue weighted by molar-refractivity contribution is 6.30. The van der Waals surface area contributed by atoms with Crippen LogP contribution < -0.4 is 10.5 Å². The van der Waals surface area contributed by atoms with Crippen molar-refractivity contribution in [1.82, 2.24) is 0 Å². The highest BCUT2D eigenvalue weighted by atomic mass is 35.5. The Morgan fingerprint density at radius 2 is 2.27 bits per heavy atom. The predicted octanol–water partition coefficient (Wildman–Crippen LogP) is 2.85. The van der Waals surface area contributed by atoms with Gasteiger partial charge in [0.25, 0.3) is 0 Å². The van der Waals surface area contributed by atoms with Crippen LogP contribution in [-0.4, -0.2) is 13.2 Å². The maximum Gasteiger partial charge on any atom is 0.126 e. The summed E-state index contributed by atoms with van der Waals surface area (Å²) in [7, 11) is 1.67. The molecule has 2 N–H and O–H groups in total. The van der Waals surface area contributed by atoms with Crippen LogP contribution in [0.1, 0.15) is 18.4 Å². The lowest BCUT2D eigenvalue weighted by atomic mass is 10.0. The van der Waals surface area contributed by atoms with Crippen LogP contribution in [0.4, 0.5) is 0 Å². The average molecular weight is 224 g/mol. The Balaban J connectivity index is 2.42. The van der Waals surface area contributed by atoms with Gasteiger partial charge in [0.1, 0.15) is 5.75 Å². The summed E-state index contributed by atoms with van der Waals surface area (Å²) in [4.78, 5) is 0. The molecule has 2 rings (SSSR count). The number of ether oxygens (including phenoxy) is 1. The van der Waals surface area contributed by atoms with Crippen LogP contribution in [0, 0.1) is 0 Å². The lowest BCUT2D eigenvalue weighted by Crippen LogP contribution is -2.11. The number of methoxy groups -OCH3 is 1. The molecule has 0 amide bonds. The molecule has 1 unspecified atom stereocenters. The van der Waals surface area contributed by atoms with Crippen LogP contribution >= 0.6 is 11.6 Å². The van der Waals surface area contributed by atoms with Crippen molar-refractivity contribution in [1.29, 1.82) is 0 Å². The molecule has 0 fully saturated rings. The van der Waals surface area contributed by atoms with E-state index in [1.54, 1.807) is 7.11 Å². The maximum atomic E-state index is 5.97. The molecule has 0 radical (unpaired) electrons. The Hall–Kier alpha value is -0.990. The summed E-state index contributed by atoms with van der Waals surface area (Å²) in [5.74, 6) is 0.861. The summed E-state index contributed by atoms with van der Waals surface area (Å²) in [5, 5.41) is 0.729. The van der Waals surface area contributed by atoms with Crippen molar-refractivity contribution in [3.8, 4) is 5.75 Å². The SMILES string of the molecule is COc1ccc(Cl)cc1C1=CC(N)CC1. The molecule has 1 aliphatic carbocycles. The van der Waals surface area contributed by atoms with Crippen LogP contribution in [0.15, 0.2) is 24.3 Å². The normalized spacial score (nSPS) is 20.2. The number of hydrogen-bond donors (Lipinski definition) is 1. The van der Waals surface area contributed by atoms with Gasteiger partial charge >= 0.3 is 0 Å². The molecule has 15 heavy (non-hydrogen) atoms. The molecular formula is C12H14ClNO. The van der Waals surface area contributed by atoms with E-state index in [9.17, 15) is 0 Å². The van der Waals surface area contributed by atoms with E-state index < -0.39 is 0 Å². The first-order valence-electron chi connectivity index (χ1n) is 5.01. The van der Waals surface area contributed by atoms with Gasteiger partial charge < -0.3 is 10.5 Å². The van der Waals surface area contributed by atoms with Crippen molar-refractivity contribution >= 4 is 17.2 Å². The van der Waals surface area contributed by atoms with Crippen molar-refractivity contribution in [3.05, 3.63) is 34.9 Å². The Bertz CT molecular complexity index is 401. The van der Waals surface area contributed by atoms with E-state index in [-0.39, 0.29) is 6.04 Å². The number of halogens is 1. The number of rotatable bonds is 2. The van der Waals surface area contributed by atoms with E-state index in [2.05, 4.69) is 6.08 Å². The largest absolute Gasteiger partial charge is 0.496 e. The van der Waals surface area contributed by atoms with Gasteiger partial charge in [-0.15, -0.1) is 0 Å². The second-order valence-corrected chi connectivity index (χ2v) is 4.18. The molecule has 1 aliphatic rings. The van der Waals surface area contributed by atoms with Crippen molar-refractivity contribution in [2.75, 3.05) is 7.11 Å². The Morgan fingerprint density at radius 1 is 1.47 bits per heavy atom. The van der Waals surface area contributed by atoms with Gasteiger partial charge in [0.2, 0.25) is 0 Å². The quantitative estimate of drug-likeness (QED) is 0.837. The van der Waals surface area contributed by atoms with Crippen LogP contribution in [0.3, 0.4) is 0 Å². The van der Waals surface area contributed by atoms with Crippen molar-refractivity contribution in [2.45, 2.75) is 18.9 Å². The van der Waals surface area contributed by atoms with Crippen molar-refractivity contribution in [3.63, 3.8) is 0 Å². The van der Waals surface area contributed by atoms with Crippen LogP contribution in [0.5, 0.6) is 5.75 Å². The maximum absolute atomic E-state index is 5.97. The predicted molar refractivity (Wildman–Crippen MR) is 63.2 cm³/mol. The zero-order valence-corrected chi connectivity index (χ0v) is 9.42. The van der Waals surface area contributed by atoms with Gasteiger partial charge in [-0.25, -0.2) is 0 Å². The fourth-order valence-corrected chi connectivity index (χ4v) is 2.07. The van der Waals surface area contributed by atoms with Gasteiger partial charge in [0, 0.05) is 16.6 Å². The lowest BCUT2D eigenvalue weighted by Gasteiger charge is -2.09. The smallest absolute Gasteiger partial charge is 0.126 e. The van der Waals surface area contributed by atoms with E-state index >= 15 is 0 Å². The fourth-order valence-electron chi connectivity index (χ4n) is 1.90. The van der Waals surface area contributed by atoms with Crippen LogP contribution in [-0.2, 0) is 0 Å². The molecule has 0 saturated carbocycles. The lowest BCUT2D eigenvalue weighted by molar-refractivity contribution is 0.413. The summed E-state index contributed by atoms with van der Waals surface area (Å²) in [6.07, 6.45) is 4.09. The topological polar surface area (TPSA) is 35.2 Å². The molecule has 3 heteroatoms. The molecule has 1 aromatic carbocycles. The third-order valence-corrected chi connectivity index (χ3v) is 2.90. The van der Waals surface area contributed by atoms with Gasteiger partial charge in [0.15, 0.2) is 0 Å². The molecule has 2 nitrogen and oxygen atoms in total. The van der Waals surface area contributed by atoms with E-state index in [0.29, 0.717) is 0 Å². The zero-order chi connectivity index (χ0) is 10.8. The molecule has 1 atom stereocenters. The highest BCUT2D eigenvalue weighted by Gasteiger charge is 2.16. The van der Waals surface area contributed by atoms with Gasteiger partial charge in [-0.3, -0.25) is 0 Å². The Labute approximate surface area is 94.7 Å². The van der Waals surface area contributed by atoms with Gasteiger partial charge in [0.05, 0.1) is 7.11 Å². The van der Waals surface area contributed by atoms with E-state index in [1.165, 1.54) is 5.57 Å². The minimum atomic E-state index is 0.170. The summed E-state index contributed by atoms with van der Waals surface area (Å²) in [6, 6.07) is 5.83. The zero-order valence-electron chi connectivity index (χ0n) is 8.66. The standard InChI is InChI=1S/C12H14ClNO/c1-15-12-5-3-9(13)7-11(12)8-2-4-10(14)6-8/h3,5-7,10H,2,4,14H2,1H3. The first kappa shape index (κ1) is 10.5. The molecule has 0 heterocycles. The second-order valence-electron chi connectivity index (χ2n) is 3.74. The Morgan fingerprint density at radius 3 is 2.87 bits per heavy atom. The molecule has 80 valence electrons. The number of benzene rings is 1. The minimum absolute atomic E-state index is 0.170. The third kappa shape index (κ3) is 2.16. The van der Waals surface area contributed by atoms with Crippen molar-refractivity contribution in [2.24, 2.45) is 5.73 Å². The van der Waals surface area contributed by atoms with E-state index in [0.717, 1.165) is 29.2 Å². The molecule has 1 aromatic rings. The van der Waals surface area contributed by atoms with Gasteiger partial charge in [-0.2, -0.15) is 0 Å². The third-order valence-electron chi connectivity index (χ3n) is 2.67. The monoisotopic (exact) mass is 223 g/mol. The number of hydrogen-bond acceptors (Lipinski definition) is 2. The summed E-state index contributed by atoms with van der Waals surface area (Å²) in [5.41, 5.74) is 8.15. The van der Waals surface area contributed by atoms with Crippen LogP contribution in [0.2, 0.25) is 5.02 Å². The van der Waals surface area contributed by atoms with E-state index in [1.807, 2.05) is 18.2 Å². The number of nitrogens with two attached hydrogens (primary N) is 1. The molecule has 0 bridgehead atoms. The first-order valence-corrected chi connectivity index (χ1v) is 5.38. The molecule has 0 aliphatic heterocycles. The van der Waals surface area contributed by atoms with Gasteiger partial charge in [-0.05, 0) is 36.6 Å². The molecule has 0 saturated heterocycles. The average Bonchev–Trinajstić information content (AvgIpc) is 2.65. The van der Waals surface area contributed by atoms with Crippen LogP contribution in [0.25, 0.3) is 5.57 Å². The fraction of sp³-hybridized carbons (Fsp3) is 0.333. The first-order chi connectivity index (χ1) is 7.20. The highest BCUT2D eigenvalue weighted by Crippen LogP contribution is 2.34. The van der Waals surface area contributed by atoms with Crippen molar-refractivity contribution < 1.29 is 4.74 Å². The molecular weight excluding hydrogens is 210 g/mol.